The summed E-state index contributed by atoms with van der Waals surface area (Å²) in [6, 6.07) is 0. The van der Waals surface area contributed by atoms with Gasteiger partial charge in [0, 0.05) is 25.7 Å². The fourth-order valence-electron chi connectivity index (χ4n) is 12.0. The molecule has 0 heterocycles. The molecular formula is C78H152O17P2. The Morgan fingerprint density at radius 3 is 0.784 bits per heavy atom. The van der Waals surface area contributed by atoms with Gasteiger partial charge in [-0.1, -0.05) is 356 Å². The zero-order valence-corrected chi connectivity index (χ0v) is 65.2. The van der Waals surface area contributed by atoms with E-state index in [4.69, 9.17) is 37.0 Å². The normalized spacial score (nSPS) is 14.2. The quantitative estimate of drug-likeness (QED) is 0.0222. The van der Waals surface area contributed by atoms with Crippen molar-refractivity contribution in [1.82, 2.24) is 0 Å². The third-order valence-corrected chi connectivity index (χ3v) is 20.5. The van der Waals surface area contributed by atoms with Crippen molar-refractivity contribution in [3.63, 3.8) is 0 Å². The number of unbranched alkanes of at least 4 members (excludes halogenated alkanes) is 46. The number of phosphoric ester groups is 2. The highest BCUT2D eigenvalue weighted by Gasteiger charge is 2.30. The number of ether oxygens (including phenoxy) is 4. The van der Waals surface area contributed by atoms with Gasteiger partial charge in [-0.15, -0.1) is 0 Å². The van der Waals surface area contributed by atoms with Crippen LogP contribution in [-0.4, -0.2) is 96.7 Å². The van der Waals surface area contributed by atoms with Crippen molar-refractivity contribution in [3.05, 3.63) is 0 Å². The number of aliphatic hydroxyl groups excluding tert-OH is 1. The monoisotopic (exact) mass is 1420 g/mol. The average Bonchev–Trinajstić information content (AvgIpc) is 2.02. The Hall–Kier alpha value is -1.94. The Kier molecular flexibility index (Phi) is 68.4. The maximum absolute atomic E-state index is 13.1. The molecule has 0 spiro atoms. The predicted molar refractivity (Wildman–Crippen MR) is 395 cm³/mol. The van der Waals surface area contributed by atoms with E-state index in [2.05, 4.69) is 41.5 Å². The highest BCUT2D eigenvalue weighted by molar-refractivity contribution is 7.47. The molecule has 0 aromatic heterocycles. The van der Waals surface area contributed by atoms with Crippen molar-refractivity contribution in [2.24, 2.45) is 11.8 Å². The van der Waals surface area contributed by atoms with Crippen LogP contribution in [0.15, 0.2) is 0 Å². The second-order valence-corrected chi connectivity index (χ2v) is 31.7. The molecule has 0 aliphatic heterocycles. The van der Waals surface area contributed by atoms with Gasteiger partial charge in [-0.05, 0) is 37.5 Å². The average molecular weight is 1420 g/mol. The van der Waals surface area contributed by atoms with Crippen LogP contribution >= 0.6 is 15.6 Å². The summed E-state index contributed by atoms with van der Waals surface area (Å²) in [5.41, 5.74) is 0. The number of hydrogen-bond donors (Lipinski definition) is 3. The third-order valence-electron chi connectivity index (χ3n) is 18.6. The van der Waals surface area contributed by atoms with E-state index in [9.17, 15) is 43.2 Å². The number of carbonyl (C=O) groups excluding carboxylic acids is 4. The first-order valence-electron chi connectivity index (χ1n) is 40.5. The number of hydrogen-bond acceptors (Lipinski definition) is 15. The lowest BCUT2D eigenvalue weighted by molar-refractivity contribution is -0.161. The summed E-state index contributed by atoms with van der Waals surface area (Å²) >= 11 is 0. The van der Waals surface area contributed by atoms with Crippen LogP contribution < -0.4 is 0 Å². The zero-order chi connectivity index (χ0) is 71.4. The van der Waals surface area contributed by atoms with Crippen molar-refractivity contribution in [2.45, 2.75) is 426 Å². The smallest absolute Gasteiger partial charge is 0.462 e. The lowest BCUT2D eigenvalue weighted by atomic mass is 9.99. The number of esters is 4. The Morgan fingerprint density at radius 1 is 0.299 bits per heavy atom. The van der Waals surface area contributed by atoms with Gasteiger partial charge < -0.3 is 33.8 Å². The molecule has 0 rings (SSSR count). The van der Waals surface area contributed by atoms with Crippen molar-refractivity contribution in [3.8, 4) is 0 Å². The maximum atomic E-state index is 13.1. The highest BCUT2D eigenvalue weighted by Crippen LogP contribution is 2.45. The first kappa shape index (κ1) is 95.1. The fourth-order valence-corrected chi connectivity index (χ4v) is 13.6. The molecule has 0 bridgehead atoms. The largest absolute Gasteiger partial charge is 0.472 e. The highest BCUT2D eigenvalue weighted by atomic mass is 31.2. The van der Waals surface area contributed by atoms with Gasteiger partial charge in [0.25, 0.3) is 0 Å². The van der Waals surface area contributed by atoms with Crippen LogP contribution in [0.5, 0.6) is 0 Å². The summed E-state index contributed by atoms with van der Waals surface area (Å²) in [6.45, 7) is 9.64. The van der Waals surface area contributed by atoms with Crippen molar-refractivity contribution >= 4 is 39.5 Å². The number of rotatable bonds is 77. The van der Waals surface area contributed by atoms with E-state index in [0.717, 1.165) is 102 Å². The van der Waals surface area contributed by atoms with Crippen molar-refractivity contribution in [1.29, 1.82) is 0 Å². The minimum Gasteiger partial charge on any atom is -0.462 e. The number of phosphoric acid groups is 2. The van der Waals surface area contributed by atoms with Gasteiger partial charge >= 0.3 is 39.5 Å². The van der Waals surface area contributed by atoms with E-state index >= 15 is 0 Å². The van der Waals surface area contributed by atoms with E-state index < -0.39 is 97.5 Å². The van der Waals surface area contributed by atoms with Crippen LogP contribution in [0.25, 0.3) is 0 Å². The van der Waals surface area contributed by atoms with E-state index in [1.165, 1.54) is 225 Å². The summed E-state index contributed by atoms with van der Waals surface area (Å²) in [7, 11) is -9.91. The van der Waals surface area contributed by atoms with Gasteiger partial charge in [0.05, 0.1) is 26.4 Å². The molecule has 6 atom stereocenters. The zero-order valence-electron chi connectivity index (χ0n) is 63.4. The van der Waals surface area contributed by atoms with Crippen LogP contribution in [0.3, 0.4) is 0 Å². The lowest BCUT2D eigenvalue weighted by Crippen LogP contribution is -2.30. The van der Waals surface area contributed by atoms with Gasteiger partial charge in [-0.25, -0.2) is 9.13 Å². The molecule has 0 saturated carbocycles. The van der Waals surface area contributed by atoms with Gasteiger partial charge in [0.2, 0.25) is 0 Å². The Labute approximate surface area is 594 Å². The van der Waals surface area contributed by atoms with Gasteiger partial charge in [0.1, 0.15) is 19.3 Å². The molecule has 0 aromatic rings. The first-order valence-corrected chi connectivity index (χ1v) is 43.5. The standard InChI is InChI=1S/C78H152O17P2/c1-7-10-12-14-16-18-20-21-22-25-28-32-36-43-49-55-61-76(81)89-66-73(94-77(82)62-56-50-44-37-33-29-26-23-24-27-31-34-40-46-52-58-70(4)5)68-92-96(84,85)90-64-72(79)65-91-97(86,87)93-69-74(67-88-75(80)60-54-48-42-35-30-19-17-15-13-11-8-2)95-78(83)63-57-51-45-39-38-41-47-53-59-71(6)9-3/h70-74,79H,7-69H2,1-6H3,(H,84,85)(H,86,87)/t71?,72-,73-,74-/m1/s1. The Balaban J connectivity index is 5.25. The molecule has 97 heavy (non-hydrogen) atoms. The molecule has 17 nitrogen and oxygen atoms in total. The fraction of sp³-hybridized carbons (Fsp3) is 0.949. The summed E-state index contributed by atoms with van der Waals surface area (Å²) in [5, 5.41) is 10.6. The van der Waals surface area contributed by atoms with Crippen LogP contribution in [0, 0.1) is 11.8 Å². The molecule has 3 unspecified atom stereocenters. The molecule has 0 aliphatic carbocycles. The van der Waals surface area contributed by atoms with Crippen LogP contribution in [-0.2, 0) is 65.4 Å². The van der Waals surface area contributed by atoms with Gasteiger partial charge in [-0.3, -0.25) is 37.3 Å². The van der Waals surface area contributed by atoms with E-state index in [1.807, 2.05) is 0 Å². The number of carbonyl (C=O) groups is 4. The Morgan fingerprint density at radius 2 is 0.526 bits per heavy atom. The molecule has 0 aromatic carbocycles. The predicted octanol–water partition coefficient (Wildman–Crippen LogP) is 23.1. The SMILES string of the molecule is CCCCCCCCCCCCCCCCCCC(=O)OC[C@H](COP(=O)(O)OC[C@@H](O)COP(=O)(O)OC[C@@H](COC(=O)CCCCCCCCCCCCC)OC(=O)CCCCCCCCCCC(C)CC)OC(=O)CCCCCCCCCCCCCCCCCC(C)C. The maximum Gasteiger partial charge on any atom is 0.472 e. The summed E-state index contributed by atoms with van der Waals surface area (Å²) < 4.78 is 68.6. The molecule has 0 aliphatic rings. The number of aliphatic hydroxyl groups is 1. The summed E-state index contributed by atoms with van der Waals surface area (Å²) in [4.78, 5) is 72.9. The molecule has 576 valence electrons. The second-order valence-electron chi connectivity index (χ2n) is 28.8. The van der Waals surface area contributed by atoms with E-state index in [-0.39, 0.29) is 25.7 Å². The van der Waals surface area contributed by atoms with Crippen LogP contribution in [0.1, 0.15) is 408 Å². The lowest BCUT2D eigenvalue weighted by Gasteiger charge is -2.21. The van der Waals surface area contributed by atoms with Crippen LogP contribution in [0.2, 0.25) is 0 Å². The minimum absolute atomic E-state index is 0.105. The molecular weight excluding hydrogens is 1270 g/mol. The third kappa shape index (κ3) is 70.9. The van der Waals surface area contributed by atoms with Crippen molar-refractivity contribution < 1.29 is 80.2 Å². The molecule has 3 N–H and O–H groups in total. The molecule has 0 saturated heterocycles. The molecule has 19 heteroatoms. The van der Waals surface area contributed by atoms with E-state index in [1.54, 1.807) is 0 Å². The topological polar surface area (TPSA) is 237 Å². The summed E-state index contributed by atoms with van der Waals surface area (Å²) in [5.74, 6) is -0.540. The second kappa shape index (κ2) is 69.8. The van der Waals surface area contributed by atoms with E-state index in [0.29, 0.717) is 25.7 Å². The molecule has 0 fully saturated rings. The van der Waals surface area contributed by atoms with Crippen LogP contribution in [0.4, 0.5) is 0 Å². The van der Waals surface area contributed by atoms with Gasteiger partial charge in [-0.2, -0.15) is 0 Å². The van der Waals surface area contributed by atoms with Gasteiger partial charge in [0.15, 0.2) is 12.2 Å². The minimum atomic E-state index is -4.96. The van der Waals surface area contributed by atoms with Crippen molar-refractivity contribution in [2.75, 3.05) is 39.6 Å². The summed E-state index contributed by atoms with van der Waals surface area (Å²) in [6.07, 6.45) is 58.1. The molecule has 0 radical (unpaired) electrons. The molecule has 0 amide bonds. The Bertz CT molecular complexity index is 1870. The first-order chi connectivity index (χ1) is 46.9.